The van der Waals surface area contributed by atoms with E-state index in [9.17, 15) is 0 Å². The average Bonchev–Trinajstić information content (AvgIpc) is 2.64. The fourth-order valence-electron chi connectivity index (χ4n) is 1.76. The van der Waals surface area contributed by atoms with Gasteiger partial charge in [0, 0.05) is 0 Å². The van der Waals surface area contributed by atoms with Crippen LogP contribution in [-0.2, 0) is 11.4 Å². The Morgan fingerprint density at radius 1 is 0.577 bits per heavy atom. The second-order valence-electron chi connectivity index (χ2n) is 4.67. The third kappa shape index (κ3) is 8.09. The van der Waals surface area contributed by atoms with Gasteiger partial charge in [-0.25, -0.2) is 0 Å². The normalized spacial score (nSPS) is 10.0. The van der Waals surface area contributed by atoms with Crippen LogP contribution in [0.3, 0.4) is 0 Å². The number of hydrogen-bond acceptors (Lipinski definition) is 4. The number of benzene rings is 3. The van der Waals surface area contributed by atoms with E-state index in [-0.39, 0.29) is 0 Å². The topological polar surface area (TPSA) is 85.2 Å². The molecular weight excluding hydrogens is 375 g/mol. The molecule has 6 nitrogen and oxygen atoms in total. The zero-order chi connectivity index (χ0) is 18.6. The Kier molecular flexibility index (Phi) is 8.59. The maximum atomic E-state index is 8.67. The quantitative estimate of drug-likeness (QED) is 0.447. The molecule has 0 aliphatic rings. The van der Waals surface area contributed by atoms with Crippen molar-refractivity contribution >= 4 is 20.0 Å². The van der Waals surface area contributed by atoms with Gasteiger partial charge in [0.15, 0.2) is 0 Å². The first kappa shape index (κ1) is 19.9. The first-order chi connectivity index (χ1) is 12.6. The SMILES string of the molecule is O=S(O)O.c1ccc(OP(Oc2ccccc2)Oc2ccccc2)cc1. The van der Waals surface area contributed by atoms with E-state index in [4.69, 9.17) is 26.9 Å². The van der Waals surface area contributed by atoms with Crippen LogP contribution in [0.4, 0.5) is 0 Å². The highest BCUT2D eigenvalue weighted by Crippen LogP contribution is 2.41. The summed E-state index contributed by atoms with van der Waals surface area (Å²) in [4.78, 5) is 0. The molecule has 0 bridgehead atoms. The molecule has 0 aliphatic heterocycles. The Bertz CT molecular complexity index is 671. The molecule has 0 saturated carbocycles. The van der Waals surface area contributed by atoms with Crippen LogP contribution in [0.5, 0.6) is 17.2 Å². The van der Waals surface area contributed by atoms with Crippen molar-refractivity contribution in [3.05, 3.63) is 91.0 Å². The van der Waals surface area contributed by atoms with E-state index in [0.29, 0.717) is 17.2 Å². The Hall–Kier alpha value is -2.44. The summed E-state index contributed by atoms with van der Waals surface area (Å²) >= 11 is -2.61. The van der Waals surface area contributed by atoms with Crippen molar-refractivity contribution in [3.8, 4) is 17.2 Å². The molecule has 2 N–H and O–H groups in total. The molecule has 0 spiro atoms. The number of hydrogen-bond donors (Lipinski definition) is 2. The minimum atomic E-state index is -2.61. The lowest BCUT2D eigenvalue weighted by Gasteiger charge is -2.17. The molecule has 8 heteroatoms. The standard InChI is InChI=1S/C18H15O3P.H2O3S/c1-4-10-16(11-5-1)19-22(20-17-12-6-2-7-13-17)21-18-14-8-3-9-15-18;1-4(2)3/h1-15H;(H2,1,2,3). The van der Waals surface area contributed by atoms with Gasteiger partial charge in [-0.3, -0.25) is 9.11 Å². The van der Waals surface area contributed by atoms with E-state index >= 15 is 0 Å². The Morgan fingerprint density at radius 3 is 1.04 bits per heavy atom. The van der Waals surface area contributed by atoms with Crippen molar-refractivity contribution in [1.82, 2.24) is 0 Å². The van der Waals surface area contributed by atoms with Crippen LogP contribution in [0.2, 0.25) is 0 Å². The van der Waals surface area contributed by atoms with Crippen LogP contribution in [-0.4, -0.2) is 13.3 Å². The highest BCUT2D eigenvalue weighted by molar-refractivity contribution is 7.73. The van der Waals surface area contributed by atoms with Gasteiger partial charge in [0.25, 0.3) is 11.4 Å². The van der Waals surface area contributed by atoms with Gasteiger partial charge in [-0.15, -0.1) is 0 Å². The van der Waals surface area contributed by atoms with E-state index in [0.717, 1.165) is 0 Å². The maximum Gasteiger partial charge on any atom is 0.530 e. The van der Waals surface area contributed by atoms with Gasteiger partial charge in [-0.05, 0) is 36.4 Å². The molecule has 0 unspecified atom stereocenters. The van der Waals surface area contributed by atoms with Crippen LogP contribution >= 0.6 is 8.60 Å². The fourth-order valence-corrected chi connectivity index (χ4v) is 2.75. The molecule has 26 heavy (non-hydrogen) atoms. The van der Waals surface area contributed by atoms with Crippen molar-refractivity contribution in [3.63, 3.8) is 0 Å². The lowest BCUT2D eigenvalue weighted by Crippen LogP contribution is -2.02. The van der Waals surface area contributed by atoms with Gasteiger partial charge in [0.1, 0.15) is 17.2 Å². The third-order valence-electron chi connectivity index (χ3n) is 2.77. The largest absolute Gasteiger partial charge is 0.530 e. The molecule has 0 saturated heterocycles. The maximum absolute atomic E-state index is 8.67. The van der Waals surface area contributed by atoms with Crippen molar-refractivity contribution in [2.45, 2.75) is 0 Å². The monoisotopic (exact) mass is 392 g/mol. The van der Waals surface area contributed by atoms with Crippen molar-refractivity contribution in [2.24, 2.45) is 0 Å². The zero-order valence-electron chi connectivity index (χ0n) is 13.5. The minimum absolute atomic E-state index is 0.709. The highest BCUT2D eigenvalue weighted by Gasteiger charge is 2.19. The second-order valence-corrected chi connectivity index (χ2v) is 6.12. The summed E-state index contributed by atoms with van der Waals surface area (Å²) in [6.45, 7) is 0. The zero-order valence-corrected chi connectivity index (χ0v) is 15.3. The second kappa shape index (κ2) is 11.2. The Labute approximate surface area is 155 Å². The van der Waals surface area contributed by atoms with Gasteiger partial charge in [0.05, 0.1) is 0 Å². The third-order valence-corrected chi connectivity index (χ3v) is 3.85. The van der Waals surface area contributed by atoms with Crippen LogP contribution < -0.4 is 13.6 Å². The minimum Gasteiger partial charge on any atom is -0.409 e. The number of para-hydroxylation sites is 3. The average molecular weight is 392 g/mol. The molecule has 0 radical (unpaired) electrons. The lowest BCUT2D eigenvalue weighted by atomic mass is 10.3. The summed E-state index contributed by atoms with van der Waals surface area (Å²) in [6.07, 6.45) is 0. The molecule has 3 rings (SSSR count). The summed E-state index contributed by atoms with van der Waals surface area (Å²) in [5, 5.41) is 0. The van der Waals surface area contributed by atoms with Crippen molar-refractivity contribution in [1.29, 1.82) is 0 Å². The first-order valence-electron chi connectivity index (χ1n) is 7.42. The molecular formula is C18H17O6PS. The molecule has 0 aliphatic carbocycles. The summed E-state index contributed by atoms with van der Waals surface area (Å²) in [5.41, 5.74) is 0. The van der Waals surface area contributed by atoms with Gasteiger partial charge < -0.3 is 13.6 Å². The summed E-state index contributed by atoms with van der Waals surface area (Å²) in [6, 6.07) is 28.5. The van der Waals surface area contributed by atoms with E-state index in [1.165, 1.54) is 0 Å². The number of rotatable bonds is 6. The first-order valence-corrected chi connectivity index (χ1v) is 9.58. The fraction of sp³-hybridized carbons (Fsp3) is 0. The summed E-state index contributed by atoms with van der Waals surface area (Å²) in [5.74, 6) is 2.13. The molecule has 3 aromatic carbocycles. The molecule has 0 aromatic heterocycles. The van der Waals surface area contributed by atoms with Crippen molar-refractivity contribution < 1.29 is 26.9 Å². The van der Waals surface area contributed by atoms with Crippen LogP contribution in [0, 0.1) is 0 Å². The molecule has 0 fully saturated rings. The van der Waals surface area contributed by atoms with Gasteiger partial charge in [-0.2, -0.15) is 4.21 Å². The van der Waals surface area contributed by atoms with E-state index < -0.39 is 20.0 Å². The van der Waals surface area contributed by atoms with Gasteiger partial charge in [0.2, 0.25) is 0 Å². The summed E-state index contributed by atoms with van der Waals surface area (Å²) in [7, 11) is -1.59. The van der Waals surface area contributed by atoms with E-state index in [1.54, 1.807) is 0 Å². The predicted molar refractivity (Wildman–Crippen MR) is 102 cm³/mol. The smallest absolute Gasteiger partial charge is 0.409 e. The Morgan fingerprint density at radius 2 is 0.808 bits per heavy atom. The molecule has 0 atom stereocenters. The van der Waals surface area contributed by atoms with Crippen molar-refractivity contribution in [2.75, 3.05) is 0 Å². The van der Waals surface area contributed by atoms with Gasteiger partial charge in [-0.1, -0.05) is 54.6 Å². The Balaban J connectivity index is 0.000000552. The van der Waals surface area contributed by atoms with E-state index in [1.807, 2.05) is 91.0 Å². The van der Waals surface area contributed by atoms with Crippen LogP contribution in [0.15, 0.2) is 91.0 Å². The molecule has 136 valence electrons. The van der Waals surface area contributed by atoms with Gasteiger partial charge >= 0.3 is 8.60 Å². The molecule has 3 aromatic rings. The van der Waals surface area contributed by atoms with Crippen LogP contribution in [0.25, 0.3) is 0 Å². The lowest BCUT2D eigenvalue weighted by molar-refractivity contribution is 0.388. The van der Waals surface area contributed by atoms with E-state index in [2.05, 4.69) is 0 Å². The molecule has 0 heterocycles. The molecule has 0 amide bonds. The van der Waals surface area contributed by atoms with Crippen LogP contribution in [0.1, 0.15) is 0 Å². The predicted octanol–water partition coefficient (Wildman–Crippen LogP) is 5.13. The highest BCUT2D eigenvalue weighted by atomic mass is 32.2. The summed E-state index contributed by atoms with van der Waals surface area (Å²) < 4.78 is 40.4.